The Hall–Kier alpha value is -2.24. The predicted molar refractivity (Wildman–Crippen MR) is 84.5 cm³/mol. The Balaban J connectivity index is 2.90. The Morgan fingerprint density at radius 1 is 1.09 bits per heavy atom. The molecule has 1 aromatic carbocycles. The van der Waals surface area contributed by atoms with E-state index in [2.05, 4.69) is 0 Å². The molecular weight excluding hydrogens is 300 g/mol. The minimum atomic E-state index is -0.910. The van der Waals surface area contributed by atoms with Gasteiger partial charge in [-0.3, -0.25) is 9.59 Å². The molecule has 0 aromatic heterocycles. The Kier molecular flexibility index (Phi) is 6.01. The van der Waals surface area contributed by atoms with Crippen LogP contribution in [0.4, 0.5) is 0 Å². The molecular formula is C17H24O6. The summed E-state index contributed by atoms with van der Waals surface area (Å²) in [7, 11) is 3.09. The number of hydrogen-bond acceptors (Lipinski definition) is 6. The molecule has 0 aliphatic carbocycles. The summed E-state index contributed by atoms with van der Waals surface area (Å²) in [6.07, 6.45) is -0.0392. The fraction of sp³-hybridized carbons (Fsp3) is 0.529. The van der Waals surface area contributed by atoms with Crippen molar-refractivity contribution in [2.24, 2.45) is 0 Å². The Labute approximate surface area is 136 Å². The van der Waals surface area contributed by atoms with Gasteiger partial charge in [-0.1, -0.05) is 6.07 Å². The molecule has 1 rings (SSSR count). The third kappa shape index (κ3) is 5.16. The van der Waals surface area contributed by atoms with Crippen LogP contribution in [0, 0.1) is 0 Å². The molecule has 0 aliphatic rings. The van der Waals surface area contributed by atoms with Crippen molar-refractivity contribution in [1.82, 2.24) is 0 Å². The number of hydrogen-bond donors (Lipinski definition) is 0. The van der Waals surface area contributed by atoms with Gasteiger partial charge in [-0.15, -0.1) is 0 Å². The number of esters is 1. The molecule has 6 nitrogen and oxygen atoms in total. The van der Waals surface area contributed by atoms with Crippen LogP contribution in [0.25, 0.3) is 0 Å². The molecule has 0 heterocycles. The molecule has 0 atom stereocenters. The van der Waals surface area contributed by atoms with Gasteiger partial charge < -0.3 is 18.9 Å². The Morgan fingerprint density at radius 2 is 1.70 bits per heavy atom. The zero-order chi connectivity index (χ0) is 17.7. The second kappa shape index (κ2) is 7.35. The minimum absolute atomic E-state index is 0.0392. The maximum Gasteiger partial charge on any atom is 0.310 e. The smallest absolute Gasteiger partial charge is 0.310 e. The van der Waals surface area contributed by atoms with E-state index in [1.165, 1.54) is 0 Å². The van der Waals surface area contributed by atoms with Crippen molar-refractivity contribution in [3.63, 3.8) is 0 Å². The van der Waals surface area contributed by atoms with E-state index in [-0.39, 0.29) is 6.42 Å². The first kappa shape index (κ1) is 18.8. The van der Waals surface area contributed by atoms with Crippen LogP contribution in [0.2, 0.25) is 0 Å². The molecule has 0 bridgehead atoms. The number of ether oxygens (including phenoxy) is 4. The highest BCUT2D eigenvalue weighted by Crippen LogP contribution is 2.34. The molecule has 23 heavy (non-hydrogen) atoms. The van der Waals surface area contributed by atoms with Crippen LogP contribution in [0.5, 0.6) is 11.5 Å². The van der Waals surface area contributed by atoms with Crippen molar-refractivity contribution in [3.8, 4) is 11.5 Å². The maximum absolute atomic E-state index is 12.1. The lowest BCUT2D eigenvalue weighted by Gasteiger charge is -2.29. The van der Waals surface area contributed by atoms with Gasteiger partial charge in [0.1, 0.15) is 11.2 Å². The SMILES string of the molecule is COc1ccc(C(C)(C)OC(=O)CC(C)(C)OC=O)cc1OC. The number of carbonyl (C=O) groups is 2. The highest BCUT2D eigenvalue weighted by molar-refractivity contribution is 5.71. The van der Waals surface area contributed by atoms with E-state index >= 15 is 0 Å². The van der Waals surface area contributed by atoms with E-state index in [4.69, 9.17) is 18.9 Å². The van der Waals surface area contributed by atoms with Crippen molar-refractivity contribution < 1.29 is 28.5 Å². The van der Waals surface area contributed by atoms with Gasteiger partial charge in [-0.25, -0.2) is 0 Å². The van der Waals surface area contributed by atoms with Crippen LogP contribution < -0.4 is 9.47 Å². The maximum atomic E-state index is 12.1. The molecule has 0 N–H and O–H groups in total. The lowest BCUT2D eigenvalue weighted by atomic mass is 9.97. The highest BCUT2D eigenvalue weighted by Gasteiger charge is 2.31. The average Bonchev–Trinajstić information content (AvgIpc) is 2.44. The molecule has 0 aliphatic heterocycles. The van der Waals surface area contributed by atoms with E-state index in [1.807, 2.05) is 6.07 Å². The molecule has 0 saturated heterocycles. The van der Waals surface area contributed by atoms with E-state index in [9.17, 15) is 9.59 Å². The van der Waals surface area contributed by atoms with Gasteiger partial charge >= 0.3 is 5.97 Å². The molecule has 0 saturated carbocycles. The minimum Gasteiger partial charge on any atom is -0.493 e. The standard InChI is InChI=1S/C17H24O6/c1-16(2,22-11-18)10-15(19)23-17(3,4)12-7-8-13(20-5)14(9-12)21-6/h7-9,11H,10H2,1-6H3. The first-order chi connectivity index (χ1) is 10.6. The lowest BCUT2D eigenvalue weighted by molar-refractivity contribution is -0.165. The van der Waals surface area contributed by atoms with Crippen LogP contribution in [-0.4, -0.2) is 32.3 Å². The number of rotatable bonds is 8. The van der Waals surface area contributed by atoms with Crippen LogP contribution in [0.15, 0.2) is 18.2 Å². The number of methoxy groups -OCH3 is 2. The zero-order valence-corrected chi connectivity index (χ0v) is 14.5. The summed E-state index contributed by atoms with van der Waals surface area (Å²) in [5, 5.41) is 0. The topological polar surface area (TPSA) is 71.1 Å². The molecule has 1 aromatic rings. The highest BCUT2D eigenvalue weighted by atomic mass is 16.6. The van der Waals surface area contributed by atoms with Gasteiger partial charge in [0.05, 0.1) is 20.6 Å². The molecule has 0 radical (unpaired) electrons. The fourth-order valence-electron chi connectivity index (χ4n) is 2.11. The molecule has 0 unspecified atom stereocenters. The van der Waals surface area contributed by atoms with Crippen LogP contribution >= 0.6 is 0 Å². The van der Waals surface area contributed by atoms with Gasteiger partial charge in [0, 0.05) is 0 Å². The van der Waals surface area contributed by atoms with Gasteiger partial charge in [-0.2, -0.15) is 0 Å². The first-order valence-corrected chi connectivity index (χ1v) is 7.21. The van der Waals surface area contributed by atoms with Crippen LogP contribution in [-0.2, 0) is 24.7 Å². The molecule has 0 spiro atoms. The van der Waals surface area contributed by atoms with Crippen molar-refractivity contribution in [3.05, 3.63) is 23.8 Å². The molecule has 128 valence electrons. The summed E-state index contributed by atoms with van der Waals surface area (Å²) in [6, 6.07) is 5.32. The third-order valence-electron chi connectivity index (χ3n) is 3.38. The van der Waals surface area contributed by atoms with E-state index < -0.39 is 17.2 Å². The van der Waals surface area contributed by atoms with E-state index in [0.717, 1.165) is 5.56 Å². The Bertz CT molecular complexity index is 562. The largest absolute Gasteiger partial charge is 0.493 e. The van der Waals surface area contributed by atoms with Crippen LogP contribution in [0.3, 0.4) is 0 Å². The number of carbonyl (C=O) groups excluding carboxylic acids is 2. The second-order valence-electron chi connectivity index (χ2n) is 6.20. The predicted octanol–water partition coefficient (Wildman–Crippen LogP) is 2.82. The quantitative estimate of drug-likeness (QED) is 0.541. The molecule has 0 fully saturated rings. The zero-order valence-electron chi connectivity index (χ0n) is 14.5. The summed E-state index contributed by atoms with van der Waals surface area (Å²) in [5.74, 6) is 0.689. The third-order valence-corrected chi connectivity index (χ3v) is 3.38. The van der Waals surface area contributed by atoms with Crippen molar-refractivity contribution in [2.75, 3.05) is 14.2 Å². The summed E-state index contributed by atoms with van der Waals surface area (Å²) < 4.78 is 20.9. The van der Waals surface area contributed by atoms with Crippen molar-refractivity contribution in [1.29, 1.82) is 0 Å². The average molecular weight is 324 g/mol. The summed E-state index contributed by atoms with van der Waals surface area (Å²) in [6.45, 7) is 7.17. The molecule has 6 heteroatoms. The Morgan fingerprint density at radius 3 is 2.22 bits per heavy atom. The van der Waals surface area contributed by atoms with E-state index in [0.29, 0.717) is 18.0 Å². The van der Waals surface area contributed by atoms with Gasteiger partial charge in [0.15, 0.2) is 11.5 Å². The first-order valence-electron chi connectivity index (χ1n) is 7.21. The number of benzene rings is 1. The van der Waals surface area contributed by atoms with E-state index in [1.54, 1.807) is 54.0 Å². The van der Waals surface area contributed by atoms with Crippen molar-refractivity contribution >= 4 is 12.4 Å². The van der Waals surface area contributed by atoms with Gasteiger partial charge in [-0.05, 0) is 45.4 Å². The second-order valence-corrected chi connectivity index (χ2v) is 6.20. The monoisotopic (exact) mass is 324 g/mol. The van der Waals surface area contributed by atoms with Crippen molar-refractivity contribution in [2.45, 2.75) is 45.3 Å². The van der Waals surface area contributed by atoms with Gasteiger partial charge in [0.2, 0.25) is 0 Å². The van der Waals surface area contributed by atoms with Gasteiger partial charge in [0.25, 0.3) is 6.47 Å². The summed E-state index contributed by atoms with van der Waals surface area (Å²) in [4.78, 5) is 22.6. The summed E-state index contributed by atoms with van der Waals surface area (Å²) in [5.41, 5.74) is -1.02. The van der Waals surface area contributed by atoms with Crippen LogP contribution in [0.1, 0.15) is 39.7 Å². The normalized spacial score (nSPS) is 11.6. The lowest BCUT2D eigenvalue weighted by Crippen LogP contribution is -2.32. The summed E-state index contributed by atoms with van der Waals surface area (Å²) >= 11 is 0. The molecule has 0 amide bonds. The fourth-order valence-corrected chi connectivity index (χ4v) is 2.11.